The molecule has 0 bridgehead atoms. The van der Waals surface area contributed by atoms with Gasteiger partial charge >= 0.3 is 0 Å². The zero-order valence-corrected chi connectivity index (χ0v) is 11.9. The summed E-state index contributed by atoms with van der Waals surface area (Å²) in [5.74, 6) is 5.39. The monoisotopic (exact) mass is 272 g/mol. The Balaban J connectivity index is 3.08. The number of aromatic nitrogens is 1. The highest BCUT2D eigenvalue weighted by Gasteiger charge is 2.27. The minimum atomic E-state index is -3.64. The van der Waals surface area contributed by atoms with E-state index in [0.717, 1.165) is 0 Å². The van der Waals surface area contributed by atoms with E-state index in [2.05, 4.69) is 15.1 Å². The quantitative estimate of drug-likeness (QED) is 0.563. The second-order valence-electron chi connectivity index (χ2n) is 5.20. The maximum absolute atomic E-state index is 12.2. The lowest BCUT2D eigenvalue weighted by molar-refractivity contribution is 0.317. The van der Waals surface area contributed by atoms with Crippen LogP contribution in [0.4, 0.5) is 5.82 Å². The number of nitrogens with zero attached hydrogens (tertiary/aromatic N) is 1. The Labute approximate surface area is 108 Å². The molecule has 0 radical (unpaired) electrons. The highest BCUT2D eigenvalue weighted by atomic mass is 32.2. The molecular weight excluding hydrogens is 252 g/mol. The highest BCUT2D eigenvalue weighted by molar-refractivity contribution is 7.89. The molecule has 0 saturated carbocycles. The molecule has 6 nitrogen and oxygen atoms in total. The molecule has 4 N–H and O–H groups in total. The van der Waals surface area contributed by atoms with Gasteiger partial charge in [0.25, 0.3) is 0 Å². The van der Waals surface area contributed by atoms with Crippen molar-refractivity contribution in [2.75, 3.05) is 5.43 Å². The van der Waals surface area contributed by atoms with Crippen molar-refractivity contribution in [3.8, 4) is 0 Å². The van der Waals surface area contributed by atoms with E-state index in [4.69, 9.17) is 5.84 Å². The van der Waals surface area contributed by atoms with E-state index in [1.165, 1.54) is 12.3 Å². The third-order valence-corrected chi connectivity index (χ3v) is 4.40. The van der Waals surface area contributed by atoms with Crippen molar-refractivity contribution >= 4 is 15.8 Å². The van der Waals surface area contributed by atoms with E-state index in [0.29, 0.717) is 0 Å². The number of pyridine rings is 1. The molecule has 0 aliphatic heterocycles. The Bertz CT molecular complexity index is 508. The van der Waals surface area contributed by atoms with Crippen molar-refractivity contribution in [2.24, 2.45) is 11.3 Å². The van der Waals surface area contributed by atoms with Crippen molar-refractivity contribution in [1.29, 1.82) is 0 Å². The maximum Gasteiger partial charge on any atom is 0.244 e. The Hall–Kier alpha value is -1.18. The number of nitrogen functional groups attached to an aromatic ring is 1. The molecule has 18 heavy (non-hydrogen) atoms. The smallest absolute Gasteiger partial charge is 0.244 e. The van der Waals surface area contributed by atoms with Crippen molar-refractivity contribution in [3.05, 3.63) is 18.3 Å². The van der Waals surface area contributed by atoms with Crippen LogP contribution < -0.4 is 16.0 Å². The normalized spacial score (nSPS) is 14.3. The van der Waals surface area contributed by atoms with Crippen LogP contribution in [-0.2, 0) is 10.0 Å². The molecule has 1 unspecified atom stereocenters. The number of rotatable bonds is 4. The molecule has 0 aliphatic rings. The molecule has 1 aromatic rings. The fourth-order valence-corrected chi connectivity index (χ4v) is 2.76. The lowest BCUT2D eigenvalue weighted by Gasteiger charge is -2.28. The lowest BCUT2D eigenvalue weighted by atomic mass is 9.89. The Morgan fingerprint density at radius 2 is 2.00 bits per heavy atom. The van der Waals surface area contributed by atoms with Gasteiger partial charge in [0.15, 0.2) is 5.82 Å². The molecule has 0 aliphatic carbocycles. The van der Waals surface area contributed by atoms with Gasteiger partial charge < -0.3 is 5.43 Å². The summed E-state index contributed by atoms with van der Waals surface area (Å²) >= 11 is 0. The maximum atomic E-state index is 12.2. The summed E-state index contributed by atoms with van der Waals surface area (Å²) in [6.07, 6.45) is 1.47. The van der Waals surface area contributed by atoms with Gasteiger partial charge in [0, 0.05) is 12.2 Å². The van der Waals surface area contributed by atoms with Gasteiger partial charge in [-0.3, -0.25) is 0 Å². The summed E-state index contributed by atoms with van der Waals surface area (Å²) in [6.45, 7) is 7.71. The summed E-state index contributed by atoms with van der Waals surface area (Å²) in [4.78, 5) is 3.92. The predicted molar refractivity (Wildman–Crippen MR) is 71.3 cm³/mol. The third kappa shape index (κ3) is 3.41. The molecule has 0 fully saturated rings. The fraction of sp³-hybridized carbons (Fsp3) is 0.545. The van der Waals surface area contributed by atoms with Crippen LogP contribution in [0.25, 0.3) is 0 Å². The topological polar surface area (TPSA) is 97.1 Å². The predicted octanol–water partition coefficient (Wildman–Crippen LogP) is 1.08. The molecule has 102 valence electrons. The molecule has 1 rings (SSSR count). The van der Waals surface area contributed by atoms with Gasteiger partial charge in [-0.15, -0.1) is 0 Å². The van der Waals surface area contributed by atoms with Crippen LogP contribution in [0.15, 0.2) is 23.2 Å². The van der Waals surface area contributed by atoms with Crippen molar-refractivity contribution < 1.29 is 8.42 Å². The second kappa shape index (κ2) is 5.21. The first-order valence-electron chi connectivity index (χ1n) is 5.62. The summed E-state index contributed by atoms with van der Waals surface area (Å²) in [5, 5.41) is 0. The van der Waals surface area contributed by atoms with E-state index >= 15 is 0 Å². The first kappa shape index (κ1) is 14.9. The summed E-state index contributed by atoms with van der Waals surface area (Å²) in [5.41, 5.74) is 2.11. The van der Waals surface area contributed by atoms with Crippen LogP contribution in [0.5, 0.6) is 0 Å². The third-order valence-electron chi connectivity index (χ3n) is 2.83. The molecular formula is C11H20N4O2S. The summed E-state index contributed by atoms with van der Waals surface area (Å²) in [7, 11) is -3.64. The number of nitrogens with one attached hydrogen (secondary N) is 2. The van der Waals surface area contributed by atoms with Crippen LogP contribution >= 0.6 is 0 Å². The largest absolute Gasteiger partial charge is 0.307 e. The first-order chi connectivity index (χ1) is 8.18. The fourth-order valence-electron chi connectivity index (χ4n) is 1.19. The van der Waals surface area contributed by atoms with E-state index in [1.54, 1.807) is 6.07 Å². The number of hydrazine groups is 1. The van der Waals surface area contributed by atoms with Gasteiger partial charge in [-0.05, 0) is 24.5 Å². The second-order valence-corrected chi connectivity index (χ2v) is 6.89. The number of hydrogen-bond donors (Lipinski definition) is 3. The molecule has 1 heterocycles. The van der Waals surface area contributed by atoms with E-state index in [1.807, 2.05) is 27.7 Å². The Kier molecular flexibility index (Phi) is 4.31. The van der Waals surface area contributed by atoms with Crippen molar-refractivity contribution in [3.63, 3.8) is 0 Å². The zero-order valence-electron chi connectivity index (χ0n) is 11.1. The van der Waals surface area contributed by atoms with Gasteiger partial charge in [0.05, 0.1) is 0 Å². The lowest BCUT2D eigenvalue weighted by Crippen LogP contribution is -2.41. The average molecular weight is 272 g/mol. The van der Waals surface area contributed by atoms with Crippen LogP contribution in [0.3, 0.4) is 0 Å². The van der Waals surface area contributed by atoms with Gasteiger partial charge in [-0.1, -0.05) is 20.8 Å². The number of sulfonamides is 1. The summed E-state index contributed by atoms with van der Waals surface area (Å²) < 4.78 is 27.1. The van der Waals surface area contributed by atoms with Gasteiger partial charge in [0.1, 0.15) is 4.90 Å². The number of nitrogens with two attached hydrogens (primary N) is 1. The standard InChI is InChI=1S/C11H20N4O2S/c1-8(11(2,3)4)15-18(16,17)9-6-5-7-13-10(9)14-12/h5-8,15H,12H2,1-4H3,(H,13,14). The van der Waals surface area contributed by atoms with E-state index in [-0.39, 0.29) is 22.2 Å². The molecule has 0 saturated heterocycles. The van der Waals surface area contributed by atoms with E-state index < -0.39 is 10.0 Å². The molecule has 0 amide bonds. The minimum Gasteiger partial charge on any atom is -0.307 e. The van der Waals surface area contributed by atoms with Gasteiger partial charge in [-0.25, -0.2) is 24.0 Å². The molecule has 7 heteroatoms. The first-order valence-corrected chi connectivity index (χ1v) is 7.11. The molecule has 0 spiro atoms. The van der Waals surface area contributed by atoms with Crippen molar-refractivity contribution in [1.82, 2.24) is 9.71 Å². The summed E-state index contributed by atoms with van der Waals surface area (Å²) in [6, 6.07) is 2.80. The molecule has 0 aromatic carbocycles. The SMILES string of the molecule is CC(NS(=O)(=O)c1cccnc1NN)C(C)(C)C. The van der Waals surface area contributed by atoms with Crippen LogP contribution in [-0.4, -0.2) is 19.4 Å². The molecule has 1 atom stereocenters. The number of hydrogen-bond acceptors (Lipinski definition) is 5. The highest BCUT2D eigenvalue weighted by Crippen LogP contribution is 2.22. The Morgan fingerprint density at radius 1 is 1.39 bits per heavy atom. The van der Waals surface area contributed by atoms with Crippen LogP contribution in [0.1, 0.15) is 27.7 Å². The van der Waals surface area contributed by atoms with E-state index in [9.17, 15) is 8.42 Å². The average Bonchev–Trinajstić information content (AvgIpc) is 2.27. The minimum absolute atomic E-state index is 0.0450. The Morgan fingerprint density at radius 3 is 2.50 bits per heavy atom. The molecule has 1 aromatic heterocycles. The van der Waals surface area contributed by atoms with Crippen LogP contribution in [0, 0.1) is 5.41 Å². The number of anilines is 1. The van der Waals surface area contributed by atoms with Gasteiger partial charge in [-0.2, -0.15) is 0 Å². The van der Waals surface area contributed by atoms with Crippen LogP contribution in [0.2, 0.25) is 0 Å². The zero-order chi connectivity index (χ0) is 14.0. The van der Waals surface area contributed by atoms with Gasteiger partial charge in [0.2, 0.25) is 10.0 Å². The van der Waals surface area contributed by atoms with Crippen molar-refractivity contribution in [2.45, 2.75) is 38.6 Å².